The van der Waals surface area contributed by atoms with Crippen molar-refractivity contribution in [2.24, 2.45) is 5.10 Å². The first kappa shape index (κ1) is 16.7. The number of esters is 1. The van der Waals surface area contributed by atoms with Gasteiger partial charge >= 0.3 is 5.97 Å². The lowest BCUT2D eigenvalue weighted by molar-refractivity contribution is -0.132. The molecule has 4 nitrogen and oxygen atoms in total. The number of nitrogens with zero attached hydrogens (tertiary/aromatic N) is 2. The summed E-state index contributed by atoms with van der Waals surface area (Å²) in [4.78, 5) is 11.9. The van der Waals surface area contributed by atoms with Crippen LogP contribution in [0.2, 0.25) is 10.0 Å². The third-order valence-corrected chi connectivity index (χ3v) is 4.28. The number of carbonyl (C=O) groups is 1. The SMILES string of the molecule is COC(=O)C1=NN(c2ccc(Cl)cc2Cl)C(c2ccc(F)cc2)C1. The van der Waals surface area contributed by atoms with Crippen LogP contribution in [0.3, 0.4) is 0 Å². The van der Waals surface area contributed by atoms with Gasteiger partial charge in [0.05, 0.1) is 23.9 Å². The van der Waals surface area contributed by atoms with Crippen molar-refractivity contribution in [2.45, 2.75) is 12.5 Å². The van der Waals surface area contributed by atoms with Crippen molar-refractivity contribution in [1.29, 1.82) is 0 Å². The molecule has 7 heteroatoms. The maximum Gasteiger partial charge on any atom is 0.354 e. The molecule has 2 aromatic carbocycles. The van der Waals surface area contributed by atoms with Gasteiger partial charge in [0.25, 0.3) is 0 Å². The molecule has 0 aliphatic carbocycles. The van der Waals surface area contributed by atoms with Gasteiger partial charge in [-0.05, 0) is 35.9 Å². The van der Waals surface area contributed by atoms with Gasteiger partial charge in [0.15, 0.2) is 0 Å². The summed E-state index contributed by atoms with van der Waals surface area (Å²) in [6, 6.07) is 10.8. The van der Waals surface area contributed by atoms with Crippen molar-refractivity contribution in [3.05, 3.63) is 63.9 Å². The monoisotopic (exact) mass is 366 g/mol. The molecule has 124 valence electrons. The highest BCUT2D eigenvalue weighted by Gasteiger charge is 2.33. The number of hydrazone groups is 1. The summed E-state index contributed by atoms with van der Waals surface area (Å²) in [6.07, 6.45) is 0.331. The van der Waals surface area contributed by atoms with Crippen LogP contribution in [0.15, 0.2) is 47.6 Å². The lowest BCUT2D eigenvalue weighted by Gasteiger charge is -2.24. The fourth-order valence-electron chi connectivity index (χ4n) is 2.58. The number of carbonyl (C=O) groups excluding carboxylic acids is 1. The van der Waals surface area contributed by atoms with Crippen LogP contribution in [0, 0.1) is 5.82 Å². The Labute approximate surface area is 148 Å². The minimum atomic E-state index is -0.505. The zero-order chi connectivity index (χ0) is 17.3. The average Bonchev–Trinajstić information content (AvgIpc) is 3.00. The van der Waals surface area contributed by atoms with Gasteiger partial charge in [0.1, 0.15) is 11.5 Å². The molecule has 1 aliphatic heterocycles. The third-order valence-electron chi connectivity index (χ3n) is 3.74. The molecule has 1 atom stereocenters. The maximum atomic E-state index is 13.2. The first-order chi connectivity index (χ1) is 11.5. The summed E-state index contributed by atoms with van der Waals surface area (Å²) < 4.78 is 18.0. The van der Waals surface area contributed by atoms with Gasteiger partial charge in [-0.1, -0.05) is 35.3 Å². The summed E-state index contributed by atoms with van der Waals surface area (Å²) in [7, 11) is 1.30. The van der Waals surface area contributed by atoms with Crippen molar-refractivity contribution in [3.63, 3.8) is 0 Å². The van der Waals surface area contributed by atoms with Crippen molar-refractivity contribution < 1.29 is 13.9 Å². The lowest BCUT2D eigenvalue weighted by atomic mass is 10.0. The Balaban J connectivity index is 2.04. The van der Waals surface area contributed by atoms with E-state index in [2.05, 4.69) is 5.10 Å². The topological polar surface area (TPSA) is 41.9 Å². The highest BCUT2D eigenvalue weighted by atomic mass is 35.5. The molecule has 0 aromatic heterocycles. The van der Waals surface area contributed by atoms with Gasteiger partial charge in [0.2, 0.25) is 0 Å². The molecule has 0 amide bonds. The number of methoxy groups -OCH3 is 1. The van der Waals surface area contributed by atoms with Crippen LogP contribution >= 0.6 is 23.2 Å². The van der Waals surface area contributed by atoms with Crippen LogP contribution in [-0.4, -0.2) is 18.8 Å². The maximum absolute atomic E-state index is 13.2. The van der Waals surface area contributed by atoms with Crippen molar-refractivity contribution in [2.75, 3.05) is 12.1 Å². The average molecular weight is 367 g/mol. The Kier molecular flexibility index (Phi) is 4.73. The van der Waals surface area contributed by atoms with E-state index in [1.54, 1.807) is 35.3 Å². The molecule has 2 aromatic rings. The fourth-order valence-corrected chi connectivity index (χ4v) is 3.08. The normalized spacial score (nSPS) is 16.9. The third kappa shape index (κ3) is 3.23. The molecule has 0 bridgehead atoms. The number of hydrogen-bond acceptors (Lipinski definition) is 4. The van der Waals surface area contributed by atoms with E-state index in [0.29, 0.717) is 22.2 Å². The second-order valence-electron chi connectivity index (χ2n) is 5.25. The van der Waals surface area contributed by atoms with Gasteiger partial charge in [0, 0.05) is 11.4 Å². The largest absolute Gasteiger partial charge is 0.464 e. The molecular formula is C17H13Cl2FN2O2. The number of anilines is 1. The Morgan fingerprint density at radius 3 is 2.58 bits per heavy atom. The van der Waals surface area contributed by atoms with Crippen molar-refractivity contribution in [3.8, 4) is 0 Å². The standard InChI is InChI=1S/C17H13Cl2FN2O2/c1-24-17(23)14-9-16(10-2-5-12(20)6-3-10)22(21-14)15-7-4-11(18)8-13(15)19/h2-8,16H,9H2,1H3. The summed E-state index contributed by atoms with van der Waals surface area (Å²) in [5.74, 6) is -0.836. The molecule has 0 saturated carbocycles. The predicted octanol–water partition coefficient (Wildman–Crippen LogP) is 4.61. The fraction of sp³-hybridized carbons (Fsp3) is 0.176. The van der Waals surface area contributed by atoms with Gasteiger partial charge in [-0.3, -0.25) is 5.01 Å². The molecule has 3 rings (SSSR count). The summed E-state index contributed by atoms with van der Waals surface area (Å²) in [6.45, 7) is 0. The second kappa shape index (κ2) is 6.79. The molecule has 0 fully saturated rings. The second-order valence-corrected chi connectivity index (χ2v) is 6.09. The first-order valence-electron chi connectivity index (χ1n) is 7.15. The number of ether oxygens (including phenoxy) is 1. The quantitative estimate of drug-likeness (QED) is 0.744. The summed E-state index contributed by atoms with van der Waals surface area (Å²) >= 11 is 12.2. The van der Waals surface area contributed by atoms with E-state index in [1.807, 2.05) is 0 Å². The van der Waals surface area contributed by atoms with Crippen molar-refractivity contribution in [1.82, 2.24) is 0 Å². The highest BCUT2D eigenvalue weighted by molar-refractivity contribution is 6.38. The molecule has 1 heterocycles. The van der Waals surface area contributed by atoms with Crippen molar-refractivity contribution >= 4 is 40.6 Å². The molecule has 0 N–H and O–H groups in total. The number of benzene rings is 2. The van der Waals surface area contributed by atoms with E-state index in [-0.39, 0.29) is 17.6 Å². The van der Waals surface area contributed by atoms with Gasteiger partial charge in [-0.2, -0.15) is 5.10 Å². The van der Waals surface area contributed by atoms with Crippen LogP contribution in [0.1, 0.15) is 18.0 Å². The Hall–Kier alpha value is -2.11. The number of rotatable bonds is 3. The molecule has 0 saturated heterocycles. The Morgan fingerprint density at radius 1 is 1.25 bits per heavy atom. The first-order valence-corrected chi connectivity index (χ1v) is 7.90. The van der Waals surface area contributed by atoms with E-state index in [0.717, 1.165) is 5.56 Å². The van der Waals surface area contributed by atoms with E-state index >= 15 is 0 Å². The lowest BCUT2D eigenvalue weighted by Crippen LogP contribution is -2.19. The highest BCUT2D eigenvalue weighted by Crippen LogP contribution is 2.39. The van der Waals surface area contributed by atoms with Crippen LogP contribution in [0.25, 0.3) is 0 Å². The van der Waals surface area contributed by atoms with E-state index in [9.17, 15) is 9.18 Å². The molecule has 0 spiro atoms. The zero-order valence-electron chi connectivity index (χ0n) is 12.7. The molecule has 1 aliphatic rings. The Morgan fingerprint density at radius 2 is 1.96 bits per heavy atom. The molecule has 1 unspecified atom stereocenters. The Bertz CT molecular complexity index is 809. The molecule has 24 heavy (non-hydrogen) atoms. The van der Waals surface area contributed by atoms with Gasteiger partial charge in [-0.25, -0.2) is 9.18 Å². The summed E-state index contributed by atoms with van der Waals surface area (Å²) in [5, 5.41) is 6.90. The van der Waals surface area contributed by atoms with Crippen LogP contribution < -0.4 is 5.01 Å². The minimum Gasteiger partial charge on any atom is -0.464 e. The van der Waals surface area contributed by atoms with E-state index in [1.165, 1.54) is 19.2 Å². The van der Waals surface area contributed by atoms with Gasteiger partial charge in [-0.15, -0.1) is 0 Å². The predicted molar refractivity (Wildman–Crippen MR) is 92.2 cm³/mol. The minimum absolute atomic E-state index is 0.276. The van der Waals surface area contributed by atoms with E-state index < -0.39 is 5.97 Å². The zero-order valence-corrected chi connectivity index (χ0v) is 14.2. The van der Waals surface area contributed by atoms with Crippen LogP contribution in [0.5, 0.6) is 0 Å². The van der Waals surface area contributed by atoms with Gasteiger partial charge < -0.3 is 4.74 Å². The summed E-state index contributed by atoms with van der Waals surface area (Å²) in [5.41, 5.74) is 1.69. The van der Waals surface area contributed by atoms with E-state index in [4.69, 9.17) is 27.9 Å². The number of halogens is 3. The smallest absolute Gasteiger partial charge is 0.354 e. The molecule has 0 radical (unpaired) electrons. The molecular weight excluding hydrogens is 354 g/mol. The number of hydrogen-bond donors (Lipinski definition) is 0. The van der Waals surface area contributed by atoms with Crippen LogP contribution in [-0.2, 0) is 9.53 Å². The van der Waals surface area contributed by atoms with Crippen LogP contribution in [0.4, 0.5) is 10.1 Å².